The summed E-state index contributed by atoms with van der Waals surface area (Å²) in [5.41, 5.74) is 5.35. The van der Waals surface area contributed by atoms with Gasteiger partial charge in [0.15, 0.2) is 0 Å². The Morgan fingerprint density at radius 3 is 1.88 bits per heavy atom. The van der Waals surface area contributed by atoms with E-state index in [0.29, 0.717) is 0 Å². The first-order valence-corrected chi connectivity index (χ1v) is 10.4. The highest BCUT2D eigenvalue weighted by Gasteiger charge is 2.26. The van der Waals surface area contributed by atoms with Gasteiger partial charge in [-0.1, -0.05) is 71.1 Å². The molecule has 0 spiro atoms. The quantitative estimate of drug-likeness (QED) is 0.466. The highest BCUT2D eigenvalue weighted by molar-refractivity contribution is 5.76. The van der Waals surface area contributed by atoms with E-state index in [9.17, 15) is 9.90 Å². The monoisotopic (exact) mass is 340 g/mol. The third-order valence-corrected chi connectivity index (χ3v) is 5.42. The van der Waals surface area contributed by atoms with Crippen molar-refractivity contribution in [1.29, 1.82) is 0 Å². The first-order valence-electron chi connectivity index (χ1n) is 10.4. The zero-order valence-electron chi connectivity index (χ0n) is 15.8. The van der Waals surface area contributed by atoms with Crippen LogP contribution in [-0.2, 0) is 4.79 Å². The van der Waals surface area contributed by atoms with Crippen LogP contribution in [0, 0.1) is 5.92 Å². The predicted molar refractivity (Wildman–Crippen MR) is 101 cm³/mol. The van der Waals surface area contributed by atoms with Gasteiger partial charge in [0.1, 0.15) is 6.23 Å². The summed E-state index contributed by atoms with van der Waals surface area (Å²) in [6.07, 6.45) is 16.8. The van der Waals surface area contributed by atoms with E-state index in [1.165, 1.54) is 64.2 Å². The van der Waals surface area contributed by atoms with Crippen molar-refractivity contribution in [3.63, 3.8) is 0 Å². The van der Waals surface area contributed by atoms with Crippen LogP contribution in [0.1, 0.15) is 96.8 Å². The number of unbranched alkanes of at least 4 members (excludes halogenated alkanes) is 10. The van der Waals surface area contributed by atoms with Crippen LogP contribution in [0.15, 0.2) is 0 Å². The van der Waals surface area contributed by atoms with Crippen molar-refractivity contribution < 1.29 is 9.90 Å². The Balaban J connectivity index is 1.90. The number of aliphatic hydroxyl groups is 1. The van der Waals surface area contributed by atoms with Crippen molar-refractivity contribution in [2.45, 2.75) is 103 Å². The van der Waals surface area contributed by atoms with E-state index in [1.54, 1.807) is 0 Å². The molecule has 1 rings (SSSR count). The maximum Gasteiger partial charge on any atom is 0.220 e. The molecule has 1 unspecified atom stereocenters. The van der Waals surface area contributed by atoms with Crippen LogP contribution in [0.25, 0.3) is 0 Å². The average Bonchev–Trinajstić information content (AvgIpc) is 2.59. The molecule has 1 atom stereocenters. The van der Waals surface area contributed by atoms with Crippen LogP contribution >= 0.6 is 0 Å². The lowest BCUT2D eigenvalue weighted by Gasteiger charge is -2.34. The molecule has 24 heavy (non-hydrogen) atoms. The molecule has 1 aliphatic heterocycles. The highest BCUT2D eigenvalue weighted by Crippen LogP contribution is 2.20. The molecule has 0 aromatic heterocycles. The van der Waals surface area contributed by atoms with Crippen LogP contribution < -0.4 is 5.73 Å². The molecule has 0 aliphatic carbocycles. The molecule has 3 N–H and O–H groups in total. The molecule has 142 valence electrons. The van der Waals surface area contributed by atoms with Crippen molar-refractivity contribution in [3.8, 4) is 0 Å². The van der Waals surface area contributed by atoms with Crippen LogP contribution in [0.4, 0.5) is 0 Å². The minimum absolute atomic E-state index is 0.00965. The lowest BCUT2D eigenvalue weighted by Crippen LogP contribution is -2.43. The van der Waals surface area contributed by atoms with E-state index in [1.807, 2.05) is 0 Å². The molecule has 1 heterocycles. The Bertz CT molecular complexity index is 315. The molecular weight excluding hydrogens is 300 g/mol. The highest BCUT2D eigenvalue weighted by atomic mass is 16.3. The van der Waals surface area contributed by atoms with Crippen LogP contribution in [0.2, 0.25) is 0 Å². The largest absolute Gasteiger partial charge is 0.378 e. The minimum atomic E-state index is -0.336. The molecule has 0 aromatic carbocycles. The number of hydrogen-bond donors (Lipinski definition) is 2. The number of piperidine rings is 1. The summed E-state index contributed by atoms with van der Waals surface area (Å²) in [5.74, 6) is -0.176. The van der Waals surface area contributed by atoms with E-state index < -0.39 is 0 Å². The third-order valence-electron chi connectivity index (χ3n) is 5.42. The minimum Gasteiger partial charge on any atom is -0.378 e. The van der Waals surface area contributed by atoms with E-state index in [4.69, 9.17) is 5.73 Å². The number of aliphatic hydroxyl groups excluding tert-OH is 1. The number of nitrogens with two attached hydrogens (primary N) is 1. The summed E-state index contributed by atoms with van der Waals surface area (Å²) in [4.78, 5) is 13.3. The second kappa shape index (κ2) is 13.7. The van der Waals surface area contributed by atoms with E-state index >= 15 is 0 Å². The molecule has 0 saturated carbocycles. The summed E-state index contributed by atoms with van der Waals surface area (Å²) >= 11 is 0. The fourth-order valence-corrected chi connectivity index (χ4v) is 3.66. The van der Waals surface area contributed by atoms with Gasteiger partial charge in [-0.15, -0.1) is 0 Å². The fourth-order valence-electron chi connectivity index (χ4n) is 3.66. The van der Waals surface area contributed by atoms with Gasteiger partial charge in [-0.3, -0.25) is 9.69 Å². The Hall–Kier alpha value is -0.610. The zero-order valence-corrected chi connectivity index (χ0v) is 15.8. The van der Waals surface area contributed by atoms with E-state index in [0.717, 1.165) is 38.8 Å². The van der Waals surface area contributed by atoms with Gasteiger partial charge in [-0.05, 0) is 25.7 Å². The third kappa shape index (κ3) is 9.63. The number of carbonyl (C=O) groups excluding carboxylic acids is 1. The van der Waals surface area contributed by atoms with Gasteiger partial charge in [0, 0.05) is 19.0 Å². The lowest BCUT2D eigenvalue weighted by atomic mass is 9.96. The van der Waals surface area contributed by atoms with Crippen molar-refractivity contribution in [3.05, 3.63) is 0 Å². The van der Waals surface area contributed by atoms with Crippen molar-refractivity contribution in [2.24, 2.45) is 11.7 Å². The predicted octanol–water partition coefficient (Wildman–Crippen LogP) is 4.20. The van der Waals surface area contributed by atoms with Gasteiger partial charge >= 0.3 is 0 Å². The topological polar surface area (TPSA) is 66.6 Å². The van der Waals surface area contributed by atoms with Gasteiger partial charge in [-0.25, -0.2) is 0 Å². The molecule has 4 nitrogen and oxygen atoms in total. The Morgan fingerprint density at radius 2 is 1.42 bits per heavy atom. The molecule has 1 amide bonds. The van der Waals surface area contributed by atoms with Crippen LogP contribution in [0.5, 0.6) is 0 Å². The molecule has 0 bridgehead atoms. The average molecular weight is 341 g/mol. The summed E-state index contributed by atoms with van der Waals surface area (Å²) in [6.45, 7) is 3.86. The number of carbonyl (C=O) groups is 1. The molecule has 1 saturated heterocycles. The first-order chi connectivity index (χ1) is 11.6. The molecule has 0 radical (unpaired) electrons. The van der Waals surface area contributed by atoms with Gasteiger partial charge < -0.3 is 10.8 Å². The fraction of sp³-hybridized carbons (Fsp3) is 0.950. The first kappa shape index (κ1) is 21.4. The summed E-state index contributed by atoms with van der Waals surface area (Å²) < 4.78 is 0. The van der Waals surface area contributed by atoms with Gasteiger partial charge in [0.25, 0.3) is 0 Å². The smallest absolute Gasteiger partial charge is 0.220 e. The SMILES string of the molecule is CCCCCCCCCCCCCC(O)N1CCC(C(N)=O)CC1. The maximum absolute atomic E-state index is 11.2. The second-order valence-electron chi connectivity index (χ2n) is 7.52. The normalized spacial score (nSPS) is 17.9. The molecule has 1 aliphatic rings. The molecule has 0 aromatic rings. The number of nitrogens with zero attached hydrogens (tertiary/aromatic N) is 1. The van der Waals surface area contributed by atoms with Crippen molar-refractivity contribution in [2.75, 3.05) is 13.1 Å². The van der Waals surface area contributed by atoms with Gasteiger partial charge in [0.05, 0.1) is 0 Å². The van der Waals surface area contributed by atoms with Gasteiger partial charge in [0.2, 0.25) is 5.91 Å². The number of likely N-dealkylation sites (tertiary alicyclic amines) is 1. The summed E-state index contributed by atoms with van der Waals surface area (Å²) in [7, 11) is 0. The summed E-state index contributed by atoms with van der Waals surface area (Å²) in [6, 6.07) is 0. The maximum atomic E-state index is 11.2. The molecule has 4 heteroatoms. The standard InChI is InChI=1S/C20H40N2O2/c1-2-3-4-5-6-7-8-9-10-11-12-13-19(23)22-16-14-18(15-17-22)20(21)24/h18-19,23H,2-17H2,1H3,(H2,21,24). The van der Waals surface area contributed by atoms with Crippen LogP contribution in [0.3, 0.4) is 0 Å². The summed E-state index contributed by atoms with van der Waals surface area (Å²) in [5, 5.41) is 10.3. The number of amides is 1. The number of primary amides is 1. The second-order valence-corrected chi connectivity index (χ2v) is 7.52. The van der Waals surface area contributed by atoms with Crippen LogP contribution in [-0.4, -0.2) is 35.2 Å². The van der Waals surface area contributed by atoms with Crippen molar-refractivity contribution in [1.82, 2.24) is 4.90 Å². The molecular formula is C20H40N2O2. The lowest BCUT2D eigenvalue weighted by molar-refractivity contribution is -0.124. The van der Waals surface area contributed by atoms with E-state index in [-0.39, 0.29) is 18.1 Å². The number of rotatable bonds is 14. The number of hydrogen-bond acceptors (Lipinski definition) is 3. The zero-order chi connectivity index (χ0) is 17.6. The molecule has 1 fully saturated rings. The van der Waals surface area contributed by atoms with Gasteiger partial charge in [-0.2, -0.15) is 0 Å². The Morgan fingerprint density at radius 1 is 0.958 bits per heavy atom. The Labute approximate surface area is 149 Å². The van der Waals surface area contributed by atoms with E-state index in [2.05, 4.69) is 11.8 Å². The van der Waals surface area contributed by atoms with Crippen molar-refractivity contribution >= 4 is 5.91 Å². The Kier molecular flexibility index (Phi) is 12.2.